The summed E-state index contributed by atoms with van der Waals surface area (Å²) < 4.78 is 5.38. The van der Waals surface area contributed by atoms with Gasteiger partial charge in [0.2, 0.25) is 5.91 Å². The van der Waals surface area contributed by atoms with Crippen LogP contribution in [0.4, 0.5) is 0 Å². The summed E-state index contributed by atoms with van der Waals surface area (Å²) in [5.41, 5.74) is 1.45. The number of halogens is 2. The van der Waals surface area contributed by atoms with E-state index in [2.05, 4.69) is 5.32 Å². The summed E-state index contributed by atoms with van der Waals surface area (Å²) in [6, 6.07) is 1.72. The first kappa shape index (κ1) is 17.7. The van der Waals surface area contributed by atoms with Crippen LogP contribution in [0.3, 0.4) is 0 Å². The van der Waals surface area contributed by atoms with Crippen LogP contribution in [0.5, 0.6) is 0 Å². The molecule has 1 aliphatic carbocycles. The number of carbonyl (C=O) groups is 2. The molecule has 0 aromatic heterocycles. The summed E-state index contributed by atoms with van der Waals surface area (Å²) >= 11 is 12.4. The second-order valence-electron chi connectivity index (χ2n) is 6.83. The molecule has 3 rings (SSSR count). The van der Waals surface area contributed by atoms with E-state index in [0.29, 0.717) is 34.0 Å². The van der Waals surface area contributed by atoms with Crippen molar-refractivity contribution in [2.75, 3.05) is 7.11 Å². The number of aryl methyl sites for hydroxylation is 1. The number of hydrogen-bond acceptors (Lipinski definition) is 3. The minimum absolute atomic E-state index is 0.0494. The van der Waals surface area contributed by atoms with Crippen molar-refractivity contribution in [3.8, 4) is 0 Å². The van der Waals surface area contributed by atoms with E-state index in [1.54, 1.807) is 13.2 Å². The van der Waals surface area contributed by atoms with Gasteiger partial charge in [0.25, 0.3) is 0 Å². The predicted octanol–water partition coefficient (Wildman–Crippen LogP) is 3.72. The third-order valence-electron chi connectivity index (χ3n) is 5.48. The van der Waals surface area contributed by atoms with E-state index in [1.165, 1.54) is 0 Å². The van der Waals surface area contributed by atoms with Crippen LogP contribution in [-0.2, 0) is 14.3 Å². The lowest BCUT2D eigenvalue weighted by Gasteiger charge is -2.35. The fourth-order valence-corrected chi connectivity index (χ4v) is 4.55. The molecule has 1 amide bonds. The highest BCUT2D eigenvalue weighted by molar-refractivity contribution is 6.42. The Balaban J connectivity index is 1.98. The van der Waals surface area contributed by atoms with Gasteiger partial charge in [-0.25, -0.2) is 0 Å². The molecule has 1 aromatic rings. The quantitative estimate of drug-likeness (QED) is 0.808. The lowest BCUT2D eigenvalue weighted by molar-refractivity contribution is -0.126. The maximum absolute atomic E-state index is 13.2. The summed E-state index contributed by atoms with van der Waals surface area (Å²) in [4.78, 5) is 25.9. The molecule has 130 valence electrons. The Kier molecular flexibility index (Phi) is 4.67. The number of methoxy groups -OCH3 is 1. The number of rotatable bonds is 2. The maximum Gasteiger partial charge on any atom is 0.235 e. The van der Waals surface area contributed by atoms with Gasteiger partial charge in [0, 0.05) is 7.11 Å². The normalized spacial score (nSPS) is 30.0. The number of benzene rings is 1. The van der Waals surface area contributed by atoms with Gasteiger partial charge < -0.3 is 10.1 Å². The average molecular weight is 370 g/mol. The van der Waals surface area contributed by atoms with Crippen LogP contribution >= 0.6 is 23.2 Å². The maximum atomic E-state index is 13.2. The van der Waals surface area contributed by atoms with Crippen LogP contribution in [0.2, 0.25) is 10.0 Å². The molecule has 4 nitrogen and oxygen atoms in total. The number of carbonyl (C=O) groups excluding carboxylic acids is 2. The smallest absolute Gasteiger partial charge is 0.235 e. The molecule has 1 N–H and O–H groups in total. The Morgan fingerprint density at radius 2 is 1.83 bits per heavy atom. The minimum Gasteiger partial charge on any atom is -0.381 e. The number of hydrogen-bond donors (Lipinski definition) is 1. The third-order valence-corrected chi connectivity index (χ3v) is 6.36. The van der Waals surface area contributed by atoms with Crippen molar-refractivity contribution >= 4 is 34.9 Å². The Morgan fingerprint density at radius 3 is 2.42 bits per heavy atom. The molecule has 1 aliphatic heterocycles. The Morgan fingerprint density at radius 1 is 1.21 bits per heavy atom. The van der Waals surface area contributed by atoms with Crippen LogP contribution < -0.4 is 5.32 Å². The van der Waals surface area contributed by atoms with Gasteiger partial charge in [-0.15, -0.1) is 0 Å². The molecular weight excluding hydrogens is 349 g/mol. The van der Waals surface area contributed by atoms with Gasteiger partial charge in [-0.3, -0.25) is 9.59 Å². The van der Waals surface area contributed by atoms with Gasteiger partial charge in [0.15, 0.2) is 5.78 Å². The SMILES string of the molecule is COC1CCC2(CC1)NC(=O)C(c1c(C)cc(Cl)c(Cl)c1C)C2=O. The number of ketones is 1. The second kappa shape index (κ2) is 6.32. The molecular formula is C18H21Cl2NO3. The van der Waals surface area contributed by atoms with Gasteiger partial charge in [-0.05, 0) is 62.3 Å². The highest BCUT2D eigenvalue weighted by Crippen LogP contribution is 2.43. The van der Waals surface area contributed by atoms with E-state index in [9.17, 15) is 9.59 Å². The largest absolute Gasteiger partial charge is 0.381 e. The Labute approximate surface area is 151 Å². The summed E-state index contributed by atoms with van der Waals surface area (Å²) in [6.45, 7) is 3.67. The topological polar surface area (TPSA) is 55.4 Å². The second-order valence-corrected chi connectivity index (χ2v) is 7.62. The molecule has 6 heteroatoms. The van der Waals surface area contributed by atoms with Crippen molar-refractivity contribution in [2.45, 2.75) is 57.1 Å². The van der Waals surface area contributed by atoms with E-state index in [-0.39, 0.29) is 17.8 Å². The molecule has 0 radical (unpaired) electrons. The zero-order chi connectivity index (χ0) is 17.6. The summed E-state index contributed by atoms with van der Waals surface area (Å²) in [5.74, 6) is -1.09. The first-order valence-corrected chi connectivity index (χ1v) is 8.90. The van der Waals surface area contributed by atoms with Crippen molar-refractivity contribution in [2.24, 2.45) is 0 Å². The standard InChI is InChI=1S/C18H21Cl2NO3/c1-9-8-12(19)15(20)10(2)13(9)14-16(22)18(21-17(14)23)6-4-11(24-3)5-7-18/h8,11,14H,4-7H2,1-3H3,(H,21,23). The highest BCUT2D eigenvalue weighted by atomic mass is 35.5. The lowest BCUT2D eigenvalue weighted by atomic mass is 9.75. The van der Waals surface area contributed by atoms with E-state index in [0.717, 1.165) is 18.4 Å². The van der Waals surface area contributed by atoms with Crippen LogP contribution in [-0.4, -0.2) is 30.4 Å². The van der Waals surface area contributed by atoms with Gasteiger partial charge >= 0.3 is 0 Å². The average Bonchev–Trinajstić information content (AvgIpc) is 2.78. The fraction of sp³-hybridized carbons (Fsp3) is 0.556. The number of Topliss-reactive ketones (excluding diaryl/α,β-unsaturated/α-hetero) is 1. The van der Waals surface area contributed by atoms with Gasteiger partial charge in [-0.2, -0.15) is 0 Å². The van der Waals surface area contributed by atoms with Crippen LogP contribution in [0.1, 0.15) is 48.3 Å². The van der Waals surface area contributed by atoms with E-state index >= 15 is 0 Å². The molecule has 0 bridgehead atoms. The van der Waals surface area contributed by atoms with Crippen molar-refractivity contribution in [3.63, 3.8) is 0 Å². The van der Waals surface area contributed by atoms with Gasteiger partial charge in [-0.1, -0.05) is 23.2 Å². The molecule has 1 spiro atoms. The number of nitrogens with one attached hydrogen (secondary N) is 1. The summed E-state index contributed by atoms with van der Waals surface area (Å²) in [7, 11) is 1.68. The third kappa shape index (κ3) is 2.65. The van der Waals surface area contributed by atoms with Gasteiger partial charge in [0.05, 0.1) is 21.7 Å². The van der Waals surface area contributed by atoms with Crippen LogP contribution in [0, 0.1) is 13.8 Å². The zero-order valence-corrected chi connectivity index (χ0v) is 15.6. The fourth-order valence-electron chi connectivity index (χ4n) is 4.09. The molecule has 1 heterocycles. The summed E-state index contributed by atoms with van der Waals surface area (Å²) in [5, 5.41) is 3.83. The first-order valence-electron chi connectivity index (χ1n) is 8.15. The first-order chi connectivity index (χ1) is 11.3. The zero-order valence-electron chi connectivity index (χ0n) is 14.0. The molecule has 2 aliphatic rings. The highest BCUT2D eigenvalue weighted by Gasteiger charge is 2.54. The van der Waals surface area contributed by atoms with E-state index < -0.39 is 11.5 Å². The molecule has 1 aromatic carbocycles. The monoisotopic (exact) mass is 369 g/mol. The van der Waals surface area contributed by atoms with Crippen LogP contribution in [0.15, 0.2) is 6.07 Å². The molecule has 24 heavy (non-hydrogen) atoms. The summed E-state index contributed by atoms with van der Waals surface area (Å²) in [6.07, 6.45) is 2.94. The molecule has 2 fully saturated rings. The predicted molar refractivity (Wildman–Crippen MR) is 93.8 cm³/mol. The minimum atomic E-state index is -0.807. The Bertz CT molecular complexity index is 709. The van der Waals surface area contributed by atoms with Crippen LogP contribution in [0.25, 0.3) is 0 Å². The van der Waals surface area contributed by atoms with Gasteiger partial charge in [0.1, 0.15) is 5.92 Å². The number of amides is 1. The van der Waals surface area contributed by atoms with Crippen molar-refractivity contribution in [1.29, 1.82) is 0 Å². The lowest BCUT2D eigenvalue weighted by Crippen LogP contribution is -2.50. The van der Waals surface area contributed by atoms with E-state index in [4.69, 9.17) is 27.9 Å². The molecule has 1 unspecified atom stereocenters. The van der Waals surface area contributed by atoms with Crippen molar-refractivity contribution < 1.29 is 14.3 Å². The van der Waals surface area contributed by atoms with E-state index in [1.807, 2.05) is 13.8 Å². The molecule has 1 atom stereocenters. The molecule has 1 saturated heterocycles. The van der Waals surface area contributed by atoms with Crippen molar-refractivity contribution in [3.05, 3.63) is 32.8 Å². The Hall–Kier alpha value is -1.10. The number of ether oxygens (including phenoxy) is 1. The molecule has 1 saturated carbocycles. The van der Waals surface area contributed by atoms with Crippen molar-refractivity contribution in [1.82, 2.24) is 5.32 Å².